The topological polar surface area (TPSA) is 93.4 Å². The van der Waals surface area contributed by atoms with Gasteiger partial charge in [-0.15, -0.1) is 0 Å². The molecule has 1 fully saturated rings. The standard InChI is InChI=1S/C11H15N3O3S/c12-18(16,17)8-10-4-11(15)14(7-10)6-9-2-1-3-13-5-9/h1-3,5,10H,4,6-8H2,(H2,12,16,17). The summed E-state index contributed by atoms with van der Waals surface area (Å²) >= 11 is 0. The van der Waals surface area contributed by atoms with E-state index >= 15 is 0 Å². The van der Waals surface area contributed by atoms with Gasteiger partial charge in [0.2, 0.25) is 15.9 Å². The van der Waals surface area contributed by atoms with Gasteiger partial charge in [-0.1, -0.05) is 6.07 Å². The van der Waals surface area contributed by atoms with Crippen molar-refractivity contribution in [2.45, 2.75) is 13.0 Å². The molecule has 0 bridgehead atoms. The SMILES string of the molecule is NS(=O)(=O)CC1CC(=O)N(Cc2cccnc2)C1. The summed E-state index contributed by atoms with van der Waals surface area (Å²) in [5.41, 5.74) is 0.933. The van der Waals surface area contributed by atoms with Crippen molar-refractivity contribution in [1.82, 2.24) is 9.88 Å². The summed E-state index contributed by atoms with van der Waals surface area (Å²) in [7, 11) is -3.52. The van der Waals surface area contributed by atoms with Crippen LogP contribution in [0.4, 0.5) is 0 Å². The number of pyridine rings is 1. The second-order valence-corrected chi connectivity index (χ2v) is 6.19. The molecule has 0 aliphatic carbocycles. The van der Waals surface area contributed by atoms with Gasteiger partial charge < -0.3 is 4.90 Å². The first kappa shape index (κ1) is 13.0. The summed E-state index contributed by atoms with van der Waals surface area (Å²) in [6.45, 7) is 0.901. The Morgan fingerprint density at radius 1 is 1.50 bits per heavy atom. The van der Waals surface area contributed by atoms with Crippen LogP contribution in [0.25, 0.3) is 0 Å². The second kappa shape index (κ2) is 5.03. The number of primary sulfonamides is 1. The fraction of sp³-hybridized carbons (Fsp3) is 0.455. The molecule has 7 heteroatoms. The van der Waals surface area contributed by atoms with Gasteiger partial charge >= 0.3 is 0 Å². The largest absolute Gasteiger partial charge is 0.338 e. The smallest absolute Gasteiger partial charge is 0.223 e. The highest BCUT2D eigenvalue weighted by Gasteiger charge is 2.31. The molecule has 0 spiro atoms. The van der Waals surface area contributed by atoms with Crippen LogP contribution in [0.2, 0.25) is 0 Å². The lowest BCUT2D eigenvalue weighted by atomic mass is 10.1. The van der Waals surface area contributed by atoms with Crippen molar-refractivity contribution in [1.29, 1.82) is 0 Å². The summed E-state index contributed by atoms with van der Waals surface area (Å²) in [5.74, 6) is -0.376. The molecule has 98 valence electrons. The van der Waals surface area contributed by atoms with Gasteiger partial charge in [0.05, 0.1) is 5.75 Å². The molecular formula is C11H15N3O3S. The number of carbonyl (C=O) groups is 1. The Bertz CT molecular complexity index is 530. The average Bonchev–Trinajstić information content (AvgIpc) is 2.58. The van der Waals surface area contributed by atoms with Crippen LogP contribution in [0, 0.1) is 5.92 Å². The average molecular weight is 269 g/mol. The highest BCUT2D eigenvalue weighted by atomic mass is 32.2. The summed E-state index contributed by atoms with van der Waals surface area (Å²) in [5, 5.41) is 4.99. The van der Waals surface area contributed by atoms with E-state index in [1.54, 1.807) is 23.4 Å². The zero-order chi connectivity index (χ0) is 13.2. The molecule has 1 aliphatic rings. The summed E-state index contributed by atoms with van der Waals surface area (Å²) in [4.78, 5) is 17.4. The van der Waals surface area contributed by atoms with E-state index in [9.17, 15) is 13.2 Å². The van der Waals surface area contributed by atoms with Crippen LogP contribution in [0.15, 0.2) is 24.5 Å². The predicted molar refractivity (Wildman–Crippen MR) is 65.7 cm³/mol. The number of sulfonamides is 1. The fourth-order valence-corrected chi connectivity index (χ4v) is 3.04. The number of hydrogen-bond acceptors (Lipinski definition) is 4. The number of likely N-dealkylation sites (tertiary alicyclic amines) is 1. The Morgan fingerprint density at radius 3 is 2.89 bits per heavy atom. The van der Waals surface area contributed by atoms with Crippen LogP contribution in [0.3, 0.4) is 0 Å². The molecule has 1 saturated heterocycles. The van der Waals surface area contributed by atoms with E-state index in [1.165, 1.54) is 0 Å². The highest BCUT2D eigenvalue weighted by molar-refractivity contribution is 7.89. The van der Waals surface area contributed by atoms with Gasteiger partial charge in [-0.3, -0.25) is 9.78 Å². The van der Waals surface area contributed by atoms with Crippen LogP contribution in [-0.4, -0.2) is 36.5 Å². The predicted octanol–water partition coefficient (Wildman–Crippen LogP) is -0.281. The lowest BCUT2D eigenvalue weighted by Crippen LogP contribution is -2.27. The molecule has 0 aromatic carbocycles. The Labute approximate surface area is 106 Å². The van der Waals surface area contributed by atoms with E-state index in [0.717, 1.165) is 5.56 Å². The zero-order valence-electron chi connectivity index (χ0n) is 9.82. The maximum Gasteiger partial charge on any atom is 0.223 e. The summed E-state index contributed by atoms with van der Waals surface area (Å²) in [6, 6.07) is 3.69. The van der Waals surface area contributed by atoms with E-state index in [0.29, 0.717) is 13.1 Å². The van der Waals surface area contributed by atoms with Gasteiger partial charge in [0.1, 0.15) is 0 Å². The van der Waals surface area contributed by atoms with Crippen LogP contribution >= 0.6 is 0 Å². The Morgan fingerprint density at radius 2 is 2.28 bits per heavy atom. The first-order chi connectivity index (χ1) is 8.44. The molecule has 1 aromatic rings. The molecule has 18 heavy (non-hydrogen) atoms. The lowest BCUT2D eigenvalue weighted by molar-refractivity contribution is -0.128. The normalized spacial score (nSPS) is 20.4. The van der Waals surface area contributed by atoms with Gasteiger partial charge in [0.25, 0.3) is 0 Å². The van der Waals surface area contributed by atoms with E-state index in [1.807, 2.05) is 6.07 Å². The third kappa shape index (κ3) is 3.51. The number of rotatable bonds is 4. The number of nitrogens with zero attached hydrogens (tertiary/aromatic N) is 2. The number of hydrogen-bond donors (Lipinski definition) is 1. The minimum Gasteiger partial charge on any atom is -0.338 e. The monoisotopic (exact) mass is 269 g/mol. The van der Waals surface area contributed by atoms with Crippen LogP contribution < -0.4 is 5.14 Å². The van der Waals surface area contributed by atoms with Crippen LogP contribution in [0.1, 0.15) is 12.0 Å². The number of nitrogens with two attached hydrogens (primary N) is 1. The van der Waals surface area contributed by atoms with Crippen molar-refractivity contribution >= 4 is 15.9 Å². The Hall–Kier alpha value is -1.47. The molecule has 6 nitrogen and oxygen atoms in total. The molecule has 1 unspecified atom stereocenters. The van der Waals surface area contributed by atoms with E-state index in [4.69, 9.17) is 5.14 Å². The molecule has 2 heterocycles. The first-order valence-electron chi connectivity index (χ1n) is 5.61. The molecule has 0 saturated carbocycles. The summed E-state index contributed by atoms with van der Waals surface area (Å²) < 4.78 is 22.0. The Balaban J connectivity index is 1.98. The van der Waals surface area contributed by atoms with Gasteiger partial charge in [-0.05, 0) is 11.6 Å². The maximum absolute atomic E-state index is 11.7. The molecule has 0 radical (unpaired) electrons. The third-order valence-electron chi connectivity index (χ3n) is 2.86. The molecule has 1 aromatic heterocycles. The van der Waals surface area contributed by atoms with E-state index in [-0.39, 0.29) is 24.0 Å². The minimum atomic E-state index is -3.52. The van der Waals surface area contributed by atoms with Crippen molar-refractivity contribution in [3.05, 3.63) is 30.1 Å². The van der Waals surface area contributed by atoms with Crippen molar-refractivity contribution in [2.75, 3.05) is 12.3 Å². The minimum absolute atomic E-state index is 0.0347. The van der Waals surface area contributed by atoms with Gasteiger partial charge in [0, 0.05) is 37.8 Å². The first-order valence-corrected chi connectivity index (χ1v) is 7.33. The molecule has 1 atom stereocenters. The number of aromatic nitrogens is 1. The van der Waals surface area contributed by atoms with Crippen LogP contribution in [-0.2, 0) is 21.4 Å². The van der Waals surface area contributed by atoms with E-state index < -0.39 is 10.0 Å². The fourth-order valence-electron chi connectivity index (χ4n) is 2.16. The Kier molecular flexibility index (Phi) is 3.63. The number of carbonyl (C=O) groups excluding carboxylic acids is 1. The summed E-state index contributed by atoms with van der Waals surface area (Å²) in [6.07, 6.45) is 3.61. The molecular weight excluding hydrogens is 254 g/mol. The lowest BCUT2D eigenvalue weighted by Gasteiger charge is -2.16. The van der Waals surface area contributed by atoms with Gasteiger partial charge in [0.15, 0.2) is 0 Å². The molecule has 1 aliphatic heterocycles. The van der Waals surface area contributed by atoms with Crippen molar-refractivity contribution in [3.8, 4) is 0 Å². The van der Waals surface area contributed by atoms with Crippen molar-refractivity contribution in [2.24, 2.45) is 11.1 Å². The molecule has 2 N–H and O–H groups in total. The van der Waals surface area contributed by atoms with Crippen LogP contribution in [0.5, 0.6) is 0 Å². The number of amides is 1. The van der Waals surface area contributed by atoms with Gasteiger partial charge in [-0.2, -0.15) is 0 Å². The van der Waals surface area contributed by atoms with Crippen molar-refractivity contribution in [3.63, 3.8) is 0 Å². The van der Waals surface area contributed by atoms with E-state index in [2.05, 4.69) is 4.98 Å². The zero-order valence-corrected chi connectivity index (χ0v) is 10.6. The third-order valence-corrected chi connectivity index (χ3v) is 3.79. The maximum atomic E-state index is 11.7. The highest BCUT2D eigenvalue weighted by Crippen LogP contribution is 2.20. The molecule has 1 amide bonds. The molecule has 2 rings (SSSR count). The second-order valence-electron chi connectivity index (χ2n) is 4.54. The van der Waals surface area contributed by atoms with Gasteiger partial charge in [-0.25, -0.2) is 13.6 Å². The van der Waals surface area contributed by atoms with Crippen molar-refractivity contribution < 1.29 is 13.2 Å². The quantitative estimate of drug-likeness (QED) is 0.813.